The standard InChI is InChI=1S/C16H14N2O4S/c1-11(19)12-6-8-13(9-7-12)18-10-16(20)17-14-4-2-3-5-15(14)23(18,21)22/h2-9H,10H2,1H3,(H,17,20). The molecule has 0 aliphatic carbocycles. The fourth-order valence-electron chi connectivity index (χ4n) is 2.41. The average Bonchev–Trinajstić information content (AvgIpc) is 2.62. The zero-order valence-corrected chi connectivity index (χ0v) is 13.1. The molecular weight excluding hydrogens is 316 g/mol. The first-order chi connectivity index (χ1) is 10.9. The Morgan fingerprint density at radius 2 is 1.74 bits per heavy atom. The summed E-state index contributed by atoms with van der Waals surface area (Å²) in [4.78, 5) is 23.4. The number of nitrogens with zero attached hydrogens (tertiary/aromatic N) is 1. The number of carbonyl (C=O) groups excluding carboxylic acids is 2. The van der Waals surface area contributed by atoms with E-state index in [2.05, 4.69) is 5.32 Å². The molecule has 0 aromatic heterocycles. The maximum atomic E-state index is 12.9. The van der Waals surface area contributed by atoms with Gasteiger partial charge in [0.2, 0.25) is 5.91 Å². The smallest absolute Gasteiger partial charge is 0.266 e. The number of rotatable bonds is 2. The zero-order valence-electron chi connectivity index (χ0n) is 12.3. The molecule has 0 radical (unpaired) electrons. The number of sulfonamides is 1. The van der Waals surface area contributed by atoms with Gasteiger partial charge in [-0.3, -0.25) is 13.9 Å². The summed E-state index contributed by atoms with van der Waals surface area (Å²) in [7, 11) is -3.87. The van der Waals surface area contributed by atoms with Gasteiger partial charge < -0.3 is 5.32 Å². The predicted molar refractivity (Wildman–Crippen MR) is 86.1 cm³/mol. The highest BCUT2D eigenvalue weighted by molar-refractivity contribution is 7.93. The van der Waals surface area contributed by atoms with Gasteiger partial charge >= 0.3 is 0 Å². The van der Waals surface area contributed by atoms with Crippen molar-refractivity contribution in [1.82, 2.24) is 0 Å². The van der Waals surface area contributed by atoms with Crippen molar-refractivity contribution in [3.05, 3.63) is 54.1 Å². The van der Waals surface area contributed by atoms with E-state index in [9.17, 15) is 18.0 Å². The molecule has 1 N–H and O–H groups in total. The summed E-state index contributed by atoms with van der Waals surface area (Å²) in [6.07, 6.45) is 0. The summed E-state index contributed by atoms with van der Waals surface area (Å²) in [5.74, 6) is -0.535. The minimum atomic E-state index is -3.87. The Labute approximate surface area is 133 Å². The minimum absolute atomic E-state index is 0.0431. The van der Waals surface area contributed by atoms with Crippen LogP contribution in [0.15, 0.2) is 53.4 Å². The lowest BCUT2D eigenvalue weighted by atomic mass is 10.1. The van der Waals surface area contributed by atoms with Crippen LogP contribution in [0.1, 0.15) is 17.3 Å². The van der Waals surface area contributed by atoms with E-state index in [-0.39, 0.29) is 22.9 Å². The maximum Gasteiger partial charge on any atom is 0.266 e. The third-order valence-corrected chi connectivity index (χ3v) is 5.41. The van der Waals surface area contributed by atoms with Gasteiger partial charge in [0.1, 0.15) is 11.4 Å². The quantitative estimate of drug-likeness (QED) is 0.854. The number of para-hydroxylation sites is 1. The summed E-state index contributed by atoms with van der Waals surface area (Å²) in [5.41, 5.74) is 1.08. The van der Waals surface area contributed by atoms with Crippen LogP contribution in [-0.4, -0.2) is 26.7 Å². The molecule has 118 valence electrons. The van der Waals surface area contributed by atoms with Crippen molar-refractivity contribution in [3.8, 4) is 0 Å². The summed E-state index contributed by atoms with van der Waals surface area (Å²) in [5, 5.41) is 2.59. The Balaban J connectivity index is 2.11. The van der Waals surface area contributed by atoms with Crippen molar-refractivity contribution in [2.45, 2.75) is 11.8 Å². The van der Waals surface area contributed by atoms with E-state index in [0.717, 1.165) is 4.31 Å². The van der Waals surface area contributed by atoms with Crippen molar-refractivity contribution >= 4 is 33.1 Å². The first kappa shape index (κ1) is 15.2. The highest BCUT2D eigenvalue weighted by Crippen LogP contribution is 2.30. The summed E-state index contributed by atoms with van der Waals surface area (Å²) in [6.45, 7) is 1.11. The molecule has 1 aliphatic heterocycles. The lowest BCUT2D eigenvalue weighted by Crippen LogP contribution is -2.35. The van der Waals surface area contributed by atoms with Crippen LogP contribution >= 0.6 is 0 Å². The second-order valence-electron chi connectivity index (χ2n) is 5.16. The molecule has 7 heteroatoms. The highest BCUT2D eigenvalue weighted by Gasteiger charge is 2.32. The van der Waals surface area contributed by atoms with Crippen LogP contribution in [0.3, 0.4) is 0 Å². The van der Waals surface area contributed by atoms with Crippen molar-refractivity contribution in [1.29, 1.82) is 0 Å². The van der Waals surface area contributed by atoms with Gasteiger partial charge in [0.15, 0.2) is 5.78 Å². The van der Waals surface area contributed by atoms with Crippen molar-refractivity contribution in [2.24, 2.45) is 0 Å². The van der Waals surface area contributed by atoms with Gasteiger partial charge in [0.25, 0.3) is 10.0 Å². The molecule has 0 atom stereocenters. The molecule has 0 saturated carbocycles. The van der Waals surface area contributed by atoms with E-state index in [1.54, 1.807) is 30.3 Å². The Hall–Kier alpha value is -2.67. The van der Waals surface area contributed by atoms with Gasteiger partial charge in [-0.2, -0.15) is 0 Å². The minimum Gasteiger partial charge on any atom is -0.323 e. The van der Waals surface area contributed by atoms with Gasteiger partial charge in [0.05, 0.1) is 11.4 Å². The number of amides is 1. The number of Topliss-reactive ketones (excluding diaryl/α,β-unsaturated/α-hetero) is 1. The SMILES string of the molecule is CC(=O)c1ccc(N2CC(=O)Nc3ccccc3S2(=O)=O)cc1. The Morgan fingerprint density at radius 3 is 2.39 bits per heavy atom. The van der Waals surface area contributed by atoms with Crippen LogP contribution in [0.4, 0.5) is 11.4 Å². The van der Waals surface area contributed by atoms with E-state index in [4.69, 9.17) is 0 Å². The number of carbonyl (C=O) groups is 2. The second-order valence-corrected chi connectivity index (χ2v) is 6.99. The molecule has 0 fully saturated rings. The van der Waals surface area contributed by atoms with Gasteiger partial charge in [-0.05, 0) is 43.3 Å². The van der Waals surface area contributed by atoms with Gasteiger partial charge in [0, 0.05) is 5.56 Å². The fraction of sp³-hybridized carbons (Fsp3) is 0.125. The van der Waals surface area contributed by atoms with Gasteiger partial charge in [-0.15, -0.1) is 0 Å². The number of nitrogens with one attached hydrogen (secondary N) is 1. The van der Waals surface area contributed by atoms with Crippen LogP contribution in [0.25, 0.3) is 0 Å². The van der Waals surface area contributed by atoms with E-state index in [1.807, 2.05) is 0 Å². The Bertz CT molecular complexity index is 889. The summed E-state index contributed by atoms with van der Waals surface area (Å²) in [6, 6.07) is 12.4. The second kappa shape index (κ2) is 5.51. The molecule has 2 aromatic carbocycles. The van der Waals surface area contributed by atoms with Crippen molar-refractivity contribution < 1.29 is 18.0 Å². The van der Waals surface area contributed by atoms with Gasteiger partial charge in [-0.25, -0.2) is 8.42 Å². The highest BCUT2D eigenvalue weighted by atomic mass is 32.2. The predicted octanol–water partition coefficient (Wildman–Crippen LogP) is 2.04. The number of hydrogen-bond acceptors (Lipinski definition) is 4. The zero-order chi connectivity index (χ0) is 16.6. The lowest BCUT2D eigenvalue weighted by molar-refractivity contribution is -0.114. The molecule has 0 spiro atoms. The number of anilines is 2. The third-order valence-electron chi connectivity index (χ3n) is 3.58. The molecule has 2 aromatic rings. The normalized spacial score (nSPS) is 16.2. The van der Waals surface area contributed by atoms with E-state index < -0.39 is 15.9 Å². The molecule has 1 heterocycles. The van der Waals surface area contributed by atoms with Crippen LogP contribution in [0.2, 0.25) is 0 Å². The number of ketones is 1. The van der Waals surface area contributed by atoms with E-state index in [0.29, 0.717) is 11.3 Å². The summed E-state index contributed by atoms with van der Waals surface area (Å²) < 4.78 is 26.8. The number of benzene rings is 2. The summed E-state index contributed by atoms with van der Waals surface area (Å²) >= 11 is 0. The molecule has 0 bridgehead atoms. The molecule has 0 unspecified atom stereocenters. The van der Waals surface area contributed by atoms with Crippen LogP contribution < -0.4 is 9.62 Å². The third kappa shape index (κ3) is 2.70. The first-order valence-corrected chi connectivity index (χ1v) is 8.36. The number of fused-ring (bicyclic) bond motifs is 1. The topological polar surface area (TPSA) is 83.6 Å². The molecule has 6 nitrogen and oxygen atoms in total. The largest absolute Gasteiger partial charge is 0.323 e. The average molecular weight is 330 g/mol. The molecule has 0 saturated heterocycles. The van der Waals surface area contributed by atoms with Crippen LogP contribution in [0, 0.1) is 0 Å². The van der Waals surface area contributed by atoms with E-state index in [1.165, 1.54) is 25.1 Å². The van der Waals surface area contributed by atoms with Crippen molar-refractivity contribution in [3.63, 3.8) is 0 Å². The lowest BCUT2D eigenvalue weighted by Gasteiger charge is -2.21. The first-order valence-electron chi connectivity index (χ1n) is 6.92. The van der Waals surface area contributed by atoms with Crippen molar-refractivity contribution in [2.75, 3.05) is 16.2 Å². The fourth-order valence-corrected chi connectivity index (χ4v) is 3.98. The van der Waals surface area contributed by atoms with E-state index >= 15 is 0 Å². The molecule has 1 aliphatic rings. The maximum absolute atomic E-state index is 12.9. The van der Waals surface area contributed by atoms with Gasteiger partial charge in [-0.1, -0.05) is 12.1 Å². The Morgan fingerprint density at radius 1 is 1.09 bits per heavy atom. The van der Waals surface area contributed by atoms with Crippen LogP contribution in [-0.2, 0) is 14.8 Å². The van der Waals surface area contributed by atoms with Crippen LogP contribution in [0.5, 0.6) is 0 Å². The molecule has 3 rings (SSSR count). The monoisotopic (exact) mass is 330 g/mol. The molecular formula is C16H14N2O4S. The Kier molecular flexibility index (Phi) is 3.65. The molecule has 1 amide bonds. The number of hydrogen-bond donors (Lipinski definition) is 1. The molecule has 23 heavy (non-hydrogen) atoms.